The van der Waals surface area contributed by atoms with Gasteiger partial charge in [-0.1, -0.05) is 30.3 Å². The smallest absolute Gasteiger partial charge is 0.410 e. The molecule has 2 saturated heterocycles. The molecule has 2 aliphatic heterocycles. The van der Waals surface area contributed by atoms with Gasteiger partial charge in [-0.15, -0.1) is 0 Å². The second kappa shape index (κ2) is 11.5. The molecule has 0 aliphatic carbocycles. The van der Waals surface area contributed by atoms with Crippen LogP contribution in [0.25, 0.3) is 0 Å². The minimum absolute atomic E-state index is 0.0755. The monoisotopic (exact) mass is 499 g/mol. The van der Waals surface area contributed by atoms with E-state index in [1.165, 1.54) is 5.56 Å². The fraction of sp³-hybridized carbons (Fsp3) is 0.462. The molecule has 1 amide bonds. The summed E-state index contributed by atoms with van der Waals surface area (Å²) in [4.78, 5) is 16.6. The summed E-state index contributed by atoms with van der Waals surface area (Å²) in [6.45, 7) is 2.55. The van der Waals surface area contributed by atoms with Crippen LogP contribution in [0.15, 0.2) is 42.5 Å². The van der Waals surface area contributed by atoms with Crippen LogP contribution in [0.2, 0.25) is 0 Å². The van der Waals surface area contributed by atoms with Crippen LogP contribution in [-0.2, 0) is 17.7 Å². The van der Waals surface area contributed by atoms with Crippen LogP contribution < -0.4 is 19.5 Å². The number of ether oxygens (including phenoxy) is 4. The fourth-order valence-corrected chi connectivity index (χ4v) is 5.09. The van der Waals surface area contributed by atoms with Gasteiger partial charge in [0.05, 0.1) is 27.4 Å². The van der Waals surface area contributed by atoms with Crippen molar-refractivity contribution >= 4 is 23.4 Å². The number of amides is 1. The Hall–Kier alpha value is -3.20. The van der Waals surface area contributed by atoms with Gasteiger partial charge in [-0.25, -0.2) is 4.79 Å². The van der Waals surface area contributed by atoms with Gasteiger partial charge in [-0.3, -0.25) is 4.90 Å². The van der Waals surface area contributed by atoms with Gasteiger partial charge in [0, 0.05) is 25.7 Å². The SMILES string of the molecule is COc1cc(CNC(=S)N2CCC(N3C(=O)OCC3Cc3ccccc3)CC2)cc(OC)c1OC. The molecule has 2 aromatic rings. The second-order valence-corrected chi connectivity index (χ2v) is 9.12. The van der Waals surface area contributed by atoms with Crippen LogP contribution in [0.5, 0.6) is 17.2 Å². The Morgan fingerprint density at radius 1 is 1.03 bits per heavy atom. The average molecular weight is 500 g/mol. The molecule has 2 heterocycles. The summed E-state index contributed by atoms with van der Waals surface area (Å²) < 4.78 is 21.7. The lowest BCUT2D eigenvalue weighted by Crippen LogP contribution is -2.51. The minimum Gasteiger partial charge on any atom is -0.493 e. The zero-order valence-corrected chi connectivity index (χ0v) is 21.3. The van der Waals surface area contributed by atoms with Gasteiger partial charge >= 0.3 is 6.09 Å². The van der Waals surface area contributed by atoms with Gasteiger partial charge in [0.15, 0.2) is 16.6 Å². The number of rotatable bonds is 8. The molecule has 1 N–H and O–H groups in total. The Bertz CT molecular complexity index is 1000. The van der Waals surface area contributed by atoms with Gasteiger partial charge < -0.3 is 29.2 Å². The molecule has 1 atom stereocenters. The van der Waals surface area contributed by atoms with Crippen molar-refractivity contribution in [1.82, 2.24) is 15.1 Å². The number of carbonyl (C=O) groups excluding carboxylic acids is 1. The first-order valence-corrected chi connectivity index (χ1v) is 12.3. The summed E-state index contributed by atoms with van der Waals surface area (Å²) in [5.41, 5.74) is 2.19. The minimum atomic E-state index is -0.201. The fourth-order valence-electron chi connectivity index (χ4n) is 4.84. The Morgan fingerprint density at radius 2 is 1.69 bits per heavy atom. The predicted molar refractivity (Wildman–Crippen MR) is 137 cm³/mol. The van der Waals surface area contributed by atoms with Crippen LogP contribution in [-0.4, -0.2) is 74.1 Å². The number of piperidine rings is 1. The number of benzene rings is 2. The van der Waals surface area contributed by atoms with E-state index in [-0.39, 0.29) is 18.2 Å². The summed E-state index contributed by atoms with van der Waals surface area (Å²) in [5.74, 6) is 1.78. The first-order valence-electron chi connectivity index (χ1n) is 11.8. The third kappa shape index (κ3) is 5.73. The van der Waals surface area contributed by atoms with Crippen molar-refractivity contribution in [1.29, 1.82) is 0 Å². The molecular weight excluding hydrogens is 466 g/mol. The molecule has 0 saturated carbocycles. The zero-order chi connectivity index (χ0) is 24.8. The number of carbonyl (C=O) groups is 1. The molecule has 9 heteroatoms. The maximum absolute atomic E-state index is 12.5. The van der Waals surface area contributed by atoms with Crippen molar-refractivity contribution in [3.05, 3.63) is 53.6 Å². The van der Waals surface area contributed by atoms with Gasteiger partial charge in [0.25, 0.3) is 0 Å². The van der Waals surface area contributed by atoms with E-state index in [1.807, 2.05) is 35.2 Å². The highest BCUT2D eigenvalue weighted by Gasteiger charge is 2.39. The quantitative estimate of drug-likeness (QED) is 0.553. The molecule has 0 spiro atoms. The van der Waals surface area contributed by atoms with E-state index in [1.54, 1.807) is 21.3 Å². The summed E-state index contributed by atoms with van der Waals surface area (Å²) in [6, 6.07) is 14.3. The van der Waals surface area contributed by atoms with E-state index in [4.69, 9.17) is 31.2 Å². The highest BCUT2D eigenvalue weighted by molar-refractivity contribution is 7.80. The van der Waals surface area contributed by atoms with Crippen molar-refractivity contribution in [2.24, 2.45) is 0 Å². The predicted octanol–water partition coefficient (Wildman–Crippen LogP) is 3.61. The molecule has 0 aromatic heterocycles. The Balaban J connectivity index is 1.31. The number of hydrogen-bond donors (Lipinski definition) is 1. The lowest BCUT2D eigenvalue weighted by Gasteiger charge is -2.39. The Morgan fingerprint density at radius 3 is 2.29 bits per heavy atom. The van der Waals surface area contributed by atoms with Crippen LogP contribution in [0, 0.1) is 0 Å². The Labute approximate surface area is 212 Å². The van der Waals surface area contributed by atoms with Crippen molar-refractivity contribution < 1.29 is 23.7 Å². The van der Waals surface area contributed by atoms with Crippen LogP contribution >= 0.6 is 12.2 Å². The van der Waals surface area contributed by atoms with E-state index in [0.717, 1.165) is 37.9 Å². The molecule has 2 aliphatic rings. The molecule has 8 nitrogen and oxygen atoms in total. The van der Waals surface area contributed by atoms with Crippen molar-refractivity contribution in [2.75, 3.05) is 41.0 Å². The van der Waals surface area contributed by atoms with Crippen molar-refractivity contribution in [2.45, 2.75) is 37.9 Å². The first-order chi connectivity index (χ1) is 17.0. The van der Waals surface area contributed by atoms with Crippen molar-refractivity contribution in [3.8, 4) is 17.2 Å². The zero-order valence-electron chi connectivity index (χ0n) is 20.5. The summed E-state index contributed by atoms with van der Waals surface area (Å²) in [6.07, 6.45) is 2.31. The lowest BCUT2D eigenvalue weighted by molar-refractivity contribution is 0.123. The van der Waals surface area contributed by atoms with E-state index < -0.39 is 0 Å². The number of methoxy groups -OCH3 is 3. The summed E-state index contributed by atoms with van der Waals surface area (Å²) in [7, 11) is 4.79. The lowest BCUT2D eigenvalue weighted by atomic mass is 9.99. The van der Waals surface area contributed by atoms with Gasteiger partial charge in [0.1, 0.15) is 6.61 Å². The van der Waals surface area contributed by atoms with Crippen molar-refractivity contribution in [3.63, 3.8) is 0 Å². The Kier molecular flexibility index (Phi) is 8.17. The highest BCUT2D eigenvalue weighted by atomic mass is 32.1. The van der Waals surface area contributed by atoms with E-state index in [2.05, 4.69) is 22.3 Å². The number of nitrogens with one attached hydrogen (secondary N) is 1. The maximum atomic E-state index is 12.5. The standard InChI is InChI=1S/C26H33N3O5S/c1-31-22-14-19(15-23(32-2)24(22)33-3)16-27-25(35)28-11-9-20(10-12-28)29-21(17-34-26(29)30)13-18-7-5-4-6-8-18/h4-8,14-15,20-21H,9-13,16-17H2,1-3H3,(H,27,35). The van der Waals surface area contributed by atoms with E-state index in [0.29, 0.717) is 35.5 Å². The maximum Gasteiger partial charge on any atom is 0.410 e. The summed E-state index contributed by atoms with van der Waals surface area (Å²) >= 11 is 5.67. The van der Waals surface area contributed by atoms with Crippen LogP contribution in [0.4, 0.5) is 4.79 Å². The number of nitrogens with zero attached hydrogens (tertiary/aromatic N) is 2. The van der Waals surface area contributed by atoms with E-state index in [9.17, 15) is 4.79 Å². The molecule has 0 bridgehead atoms. The third-order valence-electron chi connectivity index (χ3n) is 6.63. The number of likely N-dealkylation sites (tertiary alicyclic amines) is 1. The first kappa shape index (κ1) is 24.9. The molecule has 1 unspecified atom stereocenters. The molecular formula is C26H33N3O5S. The average Bonchev–Trinajstić information content (AvgIpc) is 3.26. The van der Waals surface area contributed by atoms with Gasteiger partial charge in [-0.2, -0.15) is 0 Å². The highest BCUT2D eigenvalue weighted by Crippen LogP contribution is 2.38. The molecule has 188 valence electrons. The van der Waals surface area contributed by atoms with E-state index >= 15 is 0 Å². The molecule has 2 fully saturated rings. The third-order valence-corrected chi connectivity index (χ3v) is 7.03. The molecule has 35 heavy (non-hydrogen) atoms. The van der Waals surface area contributed by atoms with Gasteiger partial charge in [0.2, 0.25) is 5.75 Å². The number of hydrogen-bond acceptors (Lipinski definition) is 6. The number of thiocarbonyl (C=S) groups is 1. The van der Waals surface area contributed by atoms with Gasteiger partial charge in [-0.05, 0) is 54.7 Å². The summed E-state index contributed by atoms with van der Waals surface area (Å²) in [5, 5.41) is 4.04. The molecule has 4 rings (SSSR count). The topological polar surface area (TPSA) is 72.5 Å². The molecule has 2 aromatic carbocycles. The largest absolute Gasteiger partial charge is 0.493 e. The van der Waals surface area contributed by atoms with Crippen LogP contribution in [0.1, 0.15) is 24.0 Å². The second-order valence-electron chi connectivity index (χ2n) is 8.74. The number of cyclic esters (lactones) is 1. The molecule has 0 radical (unpaired) electrons. The van der Waals surface area contributed by atoms with Crippen LogP contribution in [0.3, 0.4) is 0 Å². The normalized spacial score (nSPS) is 18.3.